The van der Waals surface area contributed by atoms with Crippen molar-refractivity contribution in [1.82, 2.24) is 4.90 Å². The van der Waals surface area contributed by atoms with E-state index < -0.39 is 12.1 Å². The van der Waals surface area contributed by atoms with Crippen LogP contribution in [0.2, 0.25) is 0 Å². The number of ether oxygens (including phenoxy) is 6. The van der Waals surface area contributed by atoms with Gasteiger partial charge in [-0.2, -0.15) is 0 Å². The number of carbonyl (C=O) groups is 1. The Bertz CT molecular complexity index is 1040. The molecule has 2 aromatic carbocycles. The third-order valence-electron chi connectivity index (χ3n) is 6.06. The van der Waals surface area contributed by atoms with Crippen molar-refractivity contribution >= 4 is 5.97 Å². The van der Waals surface area contributed by atoms with E-state index >= 15 is 0 Å². The molecule has 5 rings (SSSR count). The second kappa shape index (κ2) is 8.78. The molecule has 3 aliphatic rings. The van der Waals surface area contributed by atoms with Gasteiger partial charge >= 0.3 is 5.97 Å². The second-order valence-electron chi connectivity index (χ2n) is 7.48. The van der Waals surface area contributed by atoms with Gasteiger partial charge < -0.3 is 28.4 Å². The number of benzene rings is 2. The third-order valence-corrected chi connectivity index (χ3v) is 6.06. The number of nitrogens with zero attached hydrogens (tertiary/aromatic N) is 1. The number of carbonyl (C=O) groups excluding carboxylic acids is 1. The topological polar surface area (TPSA) is 75.7 Å². The molecule has 0 fully saturated rings. The van der Waals surface area contributed by atoms with Crippen molar-refractivity contribution in [2.24, 2.45) is 0 Å². The van der Waals surface area contributed by atoms with Gasteiger partial charge in [-0.15, -0.1) is 0 Å². The van der Waals surface area contributed by atoms with Crippen molar-refractivity contribution in [2.45, 2.75) is 32.4 Å². The van der Waals surface area contributed by atoms with E-state index in [1.807, 2.05) is 33.0 Å². The van der Waals surface area contributed by atoms with Crippen molar-refractivity contribution in [1.29, 1.82) is 0 Å². The maximum Gasteiger partial charge on any atom is 0.343 e. The summed E-state index contributed by atoms with van der Waals surface area (Å²) >= 11 is 0. The highest BCUT2D eigenvalue weighted by Crippen LogP contribution is 2.55. The Morgan fingerprint density at radius 1 is 1.03 bits per heavy atom. The molecule has 0 saturated heterocycles. The highest BCUT2D eigenvalue weighted by Gasteiger charge is 2.46. The highest BCUT2D eigenvalue weighted by molar-refractivity contribution is 5.98. The summed E-state index contributed by atoms with van der Waals surface area (Å²) in [6.07, 6.45) is 0.306. The normalized spacial score (nSPS) is 20.5. The number of cyclic esters (lactones) is 1. The van der Waals surface area contributed by atoms with Crippen molar-refractivity contribution in [3.8, 4) is 28.7 Å². The van der Waals surface area contributed by atoms with Crippen LogP contribution in [0.25, 0.3) is 0 Å². The van der Waals surface area contributed by atoms with Crippen LogP contribution < -0.4 is 23.7 Å². The zero-order chi connectivity index (χ0) is 23.0. The number of hydrogen-bond donors (Lipinski definition) is 0. The fraction of sp³-hybridized carbons (Fsp3) is 0.458. The lowest BCUT2D eigenvalue weighted by molar-refractivity contribution is 0.00874. The molecule has 0 bridgehead atoms. The quantitative estimate of drug-likeness (QED) is 0.659. The Morgan fingerprint density at radius 3 is 2.47 bits per heavy atom. The van der Waals surface area contributed by atoms with Crippen molar-refractivity contribution in [2.75, 3.05) is 41.7 Å². The van der Waals surface area contributed by atoms with Crippen LogP contribution in [0.1, 0.15) is 53.0 Å². The van der Waals surface area contributed by atoms with Gasteiger partial charge in [0.15, 0.2) is 23.0 Å². The Kier molecular flexibility index (Phi) is 6.06. The van der Waals surface area contributed by atoms with Crippen molar-refractivity contribution in [3.63, 3.8) is 0 Å². The Labute approximate surface area is 187 Å². The minimum atomic E-state index is -0.523. The summed E-state index contributed by atoms with van der Waals surface area (Å²) in [5, 5.41) is 0. The minimum Gasteiger partial charge on any atom is -0.493 e. The summed E-state index contributed by atoms with van der Waals surface area (Å²) in [6, 6.07) is 5.43. The maximum atomic E-state index is 12.9. The predicted molar refractivity (Wildman–Crippen MR) is 117 cm³/mol. The van der Waals surface area contributed by atoms with Gasteiger partial charge in [-0.3, -0.25) is 4.90 Å². The van der Waals surface area contributed by atoms with Crippen LogP contribution in [0, 0.1) is 0 Å². The number of rotatable bonds is 4. The maximum absolute atomic E-state index is 12.9. The number of fused-ring (bicyclic) bond motifs is 3. The molecule has 2 atom stereocenters. The van der Waals surface area contributed by atoms with E-state index in [9.17, 15) is 4.79 Å². The summed E-state index contributed by atoms with van der Waals surface area (Å²) in [4.78, 5) is 15.1. The molecule has 0 saturated carbocycles. The zero-order valence-corrected chi connectivity index (χ0v) is 19.3. The lowest BCUT2D eigenvalue weighted by Crippen LogP contribution is -2.36. The molecule has 8 heteroatoms. The largest absolute Gasteiger partial charge is 0.493 e. The first-order valence-corrected chi connectivity index (χ1v) is 10.7. The van der Waals surface area contributed by atoms with Crippen LogP contribution in [0.5, 0.6) is 28.7 Å². The fourth-order valence-electron chi connectivity index (χ4n) is 4.71. The van der Waals surface area contributed by atoms with Gasteiger partial charge in [-0.1, -0.05) is 19.9 Å². The van der Waals surface area contributed by atoms with Gasteiger partial charge in [-0.25, -0.2) is 4.79 Å². The Hall–Kier alpha value is -3.13. The van der Waals surface area contributed by atoms with Crippen molar-refractivity contribution < 1.29 is 33.2 Å². The molecule has 3 aliphatic heterocycles. The summed E-state index contributed by atoms with van der Waals surface area (Å²) < 4.78 is 33.8. The molecule has 32 heavy (non-hydrogen) atoms. The SMILES string of the molecule is CC.COc1ccc2c(c1OC)C(=O)O[C@@H]2[C@H]1c2c(cc3c(c2OC)OCO3)CCN1C. The summed E-state index contributed by atoms with van der Waals surface area (Å²) in [7, 11) is 6.70. The first-order valence-electron chi connectivity index (χ1n) is 10.7. The van der Waals surface area contributed by atoms with E-state index in [-0.39, 0.29) is 12.8 Å². The molecule has 0 unspecified atom stereocenters. The average molecular weight is 443 g/mol. The molecule has 2 aromatic rings. The molecule has 3 heterocycles. The molecule has 0 amide bonds. The molecular weight excluding hydrogens is 414 g/mol. The Balaban J connectivity index is 0.00000119. The third kappa shape index (κ3) is 3.21. The number of hydrogen-bond acceptors (Lipinski definition) is 8. The standard InChI is InChI=1S/C22H23NO7.C2H6/c1-23-8-7-11-9-14-20(29-10-28-14)21(27-4)15(11)17(23)18-12-5-6-13(25-2)19(26-3)16(12)22(24)30-18;1-2/h5-6,9,17-18H,7-8,10H2,1-4H3;1-2H3/t17-,18+;/m1./s1. The number of methoxy groups -OCH3 is 3. The number of likely N-dealkylation sites (N-methyl/N-ethyl adjacent to an activating group) is 1. The van der Waals surface area contributed by atoms with Crippen LogP contribution in [-0.2, 0) is 11.2 Å². The number of esters is 1. The van der Waals surface area contributed by atoms with E-state index in [0.717, 1.165) is 29.7 Å². The minimum absolute atomic E-state index is 0.160. The zero-order valence-electron chi connectivity index (χ0n) is 19.3. The Morgan fingerprint density at radius 2 is 1.78 bits per heavy atom. The molecule has 0 aromatic heterocycles. The van der Waals surface area contributed by atoms with Crippen LogP contribution >= 0.6 is 0 Å². The highest BCUT2D eigenvalue weighted by atomic mass is 16.7. The summed E-state index contributed by atoms with van der Waals surface area (Å²) in [5.41, 5.74) is 3.23. The summed E-state index contributed by atoms with van der Waals surface area (Å²) in [6.45, 7) is 4.96. The molecule has 0 radical (unpaired) electrons. The molecule has 0 aliphatic carbocycles. The van der Waals surface area contributed by atoms with Gasteiger partial charge in [0.25, 0.3) is 0 Å². The van der Waals surface area contributed by atoms with Crippen LogP contribution in [0.4, 0.5) is 0 Å². The van der Waals surface area contributed by atoms with E-state index in [0.29, 0.717) is 34.3 Å². The first-order chi connectivity index (χ1) is 15.6. The first kappa shape index (κ1) is 22.1. The fourth-order valence-corrected chi connectivity index (χ4v) is 4.71. The van der Waals surface area contributed by atoms with Crippen molar-refractivity contribution in [3.05, 3.63) is 40.5 Å². The monoisotopic (exact) mass is 443 g/mol. The second-order valence-corrected chi connectivity index (χ2v) is 7.48. The molecule has 0 spiro atoms. The molecular formula is C24H29NO7. The average Bonchev–Trinajstić information content (AvgIpc) is 3.42. The van der Waals surface area contributed by atoms with Crippen LogP contribution in [-0.4, -0.2) is 52.6 Å². The van der Waals surface area contributed by atoms with Crippen LogP contribution in [0.15, 0.2) is 18.2 Å². The van der Waals surface area contributed by atoms with E-state index in [2.05, 4.69) is 4.90 Å². The van der Waals surface area contributed by atoms with E-state index in [4.69, 9.17) is 28.4 Å². The molecule has 0 N–H and O–H groups in total. The lowest BCUT2D eigenvalue weighted by Gasteiger charge is -2.38. The van der Waals surface area contributed by atoms with E-state index in [1.165, 1.54) is 7.11 Å². The lowest BCUT2D eigenvalue weighted by atomic mass is 9.85. The van der Waals surface area contributed by atoms with Gasteiger partial charge in [0.1, 0.15) is 11.7 Å². The van der Waals surface area contributed by atoms with Crippen LogP contribution in [0.3, 0.4) is 0 Å². The van der Waals surface area contributed by atoms with Gasteiger partial charge in [0.05, 0.1) is 27.4 Å². The summed E-state index contributed by atoms with van der Waals surface area (Å²) in [5.74, 6) is 2.36. The van der Waals surface area contributed by atoms with Gasteiger partial charge in [0.2, 0.25) is 12.5 Å². The predicted octanol–water partition coefficient (Wildman–Crippen LogP) is 3.91. The van der Waals surface area contributed by atoms with Gasteiger partial charge in [0, 0.05) is 17.7 Å². The molecule has 8 nitrogen and oxygen atoms in total. The van der Waals surface area contributed by atoms with E-state index in [1.54, 1.807) is 20.3 Å². The smallest absolute Gasteiger partial charge is 0.343 e. The van der Waals surface area contributed by atoms with Gasteiger partial charge in [-0.05, 0) is 31.2 Å². The molecule has 172 valence electrons.